The number of hydrogen-bond donors (Lipinski definition) is 3. The Bertz CT molecular complexity index is 553. The zero-order valence-electron chi connectivity index (χ0n) is 13.2. The first-order chi connectivity index (χ1) is 10.2. The Hall–Kier alpha value is -2.05. The summed E-state index contributed by atoms with van der Waals surface area (Å²) in [5.41, 5.74) is -1.25. The number of hydrogen-bond acceptors (Lipinski definition) is 4. The fraction of sp³-hybridized carbons (Fsp3) is 0.667. The van der Waals surface area contributed by atoms with Gasteiger partial charge in [0.2, 0.25) is 0 Å². The van der Waals surface area contributed by atoms with Crippen LogP contribution in [0.4, 0.5) is 4.79 Å². The topological polar surface area (TPSA) is 104 Å². The molecule has 7 nitrogen and oxygen atoms in total. The monoisotopic (exact) mass is 309 g/mol. The molecule has 1 aromatic heterocycles. The first kappa shape index (κ1) is 16.3. The molecule has 1 fully saturated rings. The van der Waals surface area contributed by atoms with Crippen molar-refractivity contribution in [3.63, 3.8) is 0 Å². The molecule has 2 rings (SSSR count). The Kier molecular flexibility index (Phi) is 4.44. The van der Waals surface area contributed by atoms with Crippen molar-refractivity contribution in [3.8, 4) is 0 Å². The molecule has 3 N–H and O–H groups in total. The molecule has 0 atom stereocenters. The molecule has 1 heterocycles. The van der Waals surface area contributed by atoms with Crippen molar-refractivity contribution < 1.29 is 19.4 Å². The minimum atomic E-state index is -1.07. The zero-order valence-corrected chi connectivity index (χ0v) is 13.2. The number of rotatable bonds is 3. The van der Waals surface area contributed by atoms with Gasteiger partial charge < -0.3 is 20.1 Å². The Labute approximate surface area is 129 Å². The van der Waals surface area contributed by atoms with Crippen LogP contribution >= 0.6 is 0 Å². The fourth-order valence-corrected chi connectivity index (χ4v) is 2.75. The number of imidazole rings is 1. The number of aromatic carboxylic acids is 1. The molecule has 22 heavy (non-hydrogen) atoms. The molecule has 0 saturated heterocycles. The summed E-state index contributed by atoms with van der Waals surface area (Å²) < 4.78 is 5.33. The Balaban J connectivity index is 2.23. The molecule has 0 aromatic carbocycles. The van der Waals surface area contributed by atoms with Gasteiger partial charge in [0.25, 0.3) is 0 Å². The second kappa shape index (κ2) is 5.98. The summed E-state index contributed by atoms with van der Waals surface area (Å²) in [6.45, 7) is 5.40. The van der Waals surface area contributed by atoms with Gasteiger partial charge in [0, 0.05) is 0 Å². The third kappa shape index (κ3) is 3.78. The smallest absolute Gasteiger partial charge is 0.408 e. The molecule has 1 saturated carbocycles. The van der Waals surface area contributed by atoms with Gasteiger partial charge in [-0.1, -0.05) is 19.3 Å². The number of nitrogens with zero attached hydrogens (tertiary/aromatic N) is 1. The molecule has 0 spiro atoms. The third-order valence-electron chi connectivity index (χ3n) is 3.71. The molecule has 0 bridgehead atoms. The van der Waals surface area contributed by atoms with E-state index < -0.39 is 23.2 Å². The number of aromatic nitrogens is 2. The summed E-state index contributed by atoms with van der Waals surface area (Å²) in [6.07, 6.45) is 5.16. The van der Waals surface area contributed by atoms with Crippen LogP contribution in [0.15, 0.2) is 6.20 Å². The zero-order chi connectivity index (χ0) is 16.4. The van der Waals surface area contributed by atoms with Gasteiger partial charge in [0.15, 0.2) is 0 Å². The highest BCUT2D eigenvalue weighted by Gasteiger charge is 2.39. The van der Waals surface area contributed by atoms with Crippen LogP contribution in [0.5, 0.6) is 0 Å². The number of amides is 1. The van der Waals surface area contributed by atoms with Crippen LogP contribution < -0.4 is 5.32 Å². The highest BCUT2D eigenvalue weighted by atomic mass is 16.6. The van der Waals surface area contributed by atoms with Crippen molar-refractivity contribution >= 4 is 12.1 Å². The molecule has 1 aliphatic carbocycles. The predicted molar refractivity (Wildman–Crippen MR) is 79.7 cm³/mol. The molecule has 7 heteroatoms. The quantitative estimate of drug-likeness (QED) is 0.796. The van der Waals surface area contributed by atoms with Gasteiger partial charge in [-0.2, -0.15) is 0 Å². The molecular weight excluding hydrogens is 286 g/mol. The fourth-order valence-electron chi connectivity index (χ4n) is 2.75. The van der Waals surface area contributed by atoms with Crippen molar-refractivity contribution in [2.24, 2.45) is 0 Å². The molecule has 0 radical (unpaired) electrons. The van der Waals surface area contributed by atoms with Crippen LogP contribution in [-0.4, -0.2) is 32.7 Å². The normalized spacial score (nSPS) is 17.8. The SMILES string of the molecule is CC(C)(C)OC(=O)NC1(c2ncc(C(=O)O)[nH]2)CCCCC1. The lowest BCUT2D eigenvalue weighted by molar-refractivity contribution is 0.0412. The molecular formula is C15H23N3O4. The Morgan fingerprint density at radius 3 is 2.45 bits per heavy atom. The van der Waals surface area contributed by atoms with Gasteiger partial charge >= 0.3 is 12.1 Å². The second-order valence-corrected chi connectivity index (χ2v) is 6.72. The molecule has 1 amide bonds. The van der Waals surface area contributed by atoms with Gasteiger partial charge in [-0.25, -0.2) is 14.6 Å². The summed E-state index contributed by atoms with van der Waals surface area (Å²) in [7, 11) is 0. The largest absolute Gasteiger partial charge is 0.477 e. The maximum Gasteiger partial charge on any atom is 0.408 e. The van der Waals surface area contributed by atoms with E-state index in [-0.39, 0.29) is 5.69 Å². The number of carboxylic acids is 1. The van der Waals surface area contributed by atoms with Crippen LogP contribution in [0, 0.1) is 0 Å². The lowest BCUT2D eigenvalue weighted by Crippen LogP contribution is -2.49. The number of carboxylic acid groups (broad SMARTS) is 1. The number of carbonyl (C=O) groups is 2. The average molecular weight is 309 g/mol. The number of alkyl carbamates (subject to hydrolysis) is 1. The standard InChI is InChI=1S/C15H23N3O4/c1-14(2,3)22-13(21)18-15(7-5-4-6-8-15)12-16-9-10(17-12)11(19)20/h9H,4-8H2,1-3H3,(H,16,17)(H,18,21)(H,19,20). The first-order valence-corrected chi connectivity index (χ1v) is 7.52. The number of aromatic amines is 1. The lowest BCUT2D eigenvalue weighted by Gasteiger charge is -2.36. The first-order valence-electron chi connectivity index (χ1n) is 7.52. The van der Waals surface area contributed by atoms with E-state index in [1.807, 2.05) is 0 Å². The summed E-state index contributed by atoms with van der Waals surface area (Å²) in [5, 5.41) is 11.9. The van der Waals surface area contributed by atoms with E-state index in [4.69, 9.17) is 9.84 Å². The van der Waals surface area contributed by atoms with Gasteiger partial charge in [0.05, 0.1) is 6.20 Å². The van der Waals surface area contributed by atoms with E-state index in [1.54, 1.807) is 20.8 Å². The molecule has 1 aliphatic rings. The predicted octanol–water partition coefficient (Wildman–Crippen LogP) is 2.79. The van der Waals surface area contributed by atoms with E-state index >= 15 is 0 Å². The number of carbonyl (C=O) groups excluding carboxylic acids is 1. The maximum absolute atomic E-state index is 12.2. The summed E-state index contributed by atoms with van der Waals surface area (Å²) >= 11 is 0. The molecule has 122 valence electrons. The van der Waals surface area contributed by atoms with Crippen molar-refractivity contribution in [2.75, 3.05) is 0 Å². The average Bonchev–Trinajstić information content (AvgIpc) is 2.87. The summed E-state index contributed by atoms with van der Waals surface area (Å²) in [6, 6.07) is 0. The Morgan fingerprint density at radius 1 is 1.32 bits per heavy atom. The van der Waals surface area contributed by atoms with E-state index in [1.165, 1.54) is 6.20 Å². The van der Waals surface area contributed by atoms with E-state index in [0.29, 0.717) is 18.7 Å². The Morgan fingerprint density at radius 2 is 1.95 bits per heavy atom. The lowest BCUT2D eigenvalue weighted by atomic mass is 9.81. The van der Waals surface area contributed by atoms with Gasteiger partial charge in [-0.3, -0.25) is 0 Å². The van der Waals surface area contributed by atoms with Crippen LogP contribution in [0.2, 0.25) is 0 Å². The minimum Gasteiger partial charge on any atom is -0.477 e. The van der Waals surface area contributed by atoms with Gasteiger partial charge in [-0.05, 0) is 33.6 Å². The number of ether oxygens (including phenoxy) is 1. The number of nitrogens with one attached hydrogen (secondary N) is 2. The summed E-state index contributed by atoms with van der Waals surface area (Å²) in [5.74, 6) is -0.586. The van der Waals surface area contributed by atoms with E-state index in [0.717, 1.165) is 19.3 Å². The number of H-pyrrole nitrogens is 1. The van der Waals surface area contributed by atoms with Crippen LogP contribution in [0.1, 0.15) is 69.2 Å². The summed E-state index contributed by atoms with van der Waals surface area (Å²) in [4.78, 5) is 30.2. The van der Waals surface area contributed by atoms with Crippen molar-refractivity contribution in [1.29, 1.82) is 0 Å². The van der Waals surface area contributed by atoms with Crippen molar-refractivity contribution in [3.05, 3.63) is 17.7 Å². The van der Waals surface area contributed by atoms with Crippen LogP contribution in [-0.2, 0) is 10.3 Å². The molecule has 1 aromatic rings. The van der Waals surface area contributed by atoms with Crippen molar-refractivity contribution in [1.82, 2.24) is 15.3 Å². The van der Waals surface area contributed by atoms with Crippen molar-refractivity contribution in [2.45, 2.75) is 64.0 Å². The van der Waals surface area contributed by atoms with Gasteiger partial charge in [-0.15, -0.1) is 0 Å². The van der Waals surface area contributed by atoms with E-state index in [9.17, 15) is 9.59 Å². The second-order valence-electron chi connectivity index (χ2n) is 6.72. The molecule has 0 aliphatic heterocycles. The maximum atomic E-state index is 12.2. The van der Waals surface area contributed by atoms with E-state index in [2.05, 4.69) is 15.3 Å². The van der Waals surface area contributed by atoms with Crippen LogP contribution in [0.3, 0.4) is 0 Å². The third-order valence-corrected chi connectivity index (χ3v) is 3.71. The molecule has 0 unspecified atom stereocenters. The highest BCUT2D eigenvalue weighted by molar-refractivity contribution is 5.85. The minimum absolute atomic E-state index is 0.0194. The van der Waals surface area contributed by atoms with Crippen LogP contribution in [0.25, 0.3) is 0 Å². The van der Waals surface area contributed by atoms with Gasteiger partial charge in [0.1, 0.15) is 22.7 Å². The highest BCUT2D eigenvalue weighted by Crippen LogP contribution is 2.36.